The summed E-state index contributed by atoms with van der Waals surface area (Å²) in [6.45, 7) is 0. The Bertz CT molecular complexity index is 1360. The summed E-state index contributed by atoms with van der Waals surface area (Å²) in [6.07, 6.45) is 0. The molecular formula is C21H11IrN2-. The van der Waals surface area contributed by atoms with E-state index in [1.165, 1.54) is 32.6 Å². The predicted octanol–water partition coefficient (Wildman–Crippen LogP) is 5.18. The van der Waals surface area contributed by atoms with Gasteiger partial charge in [0, 0.05) is 36.4 Å². The number of hydrogen-bond acceptors (Lipinski definition) is 1. The van der Waals surface area contributed by atoms with Crippen LogP contribution in [0.3, 0.4) is 0 Å². The van der Waals surface area contributed by atoms with Crippen molar-refractivity contribution in [3.05, 3.63) is 72.8 Å². The van der Waals surface area contributed by atoms with E-state index < -0.39 is 0 Å². The molecule has 6 rings (SSSR count). The van der Waals surface area contributed by atoms with E-state index in [1.807, 2.05) is 12.1 Å². The number of aromatic nitrogens is 2. The van der Waals surface area contributed by atoms with Crippen LogP contribution in [-0.2, 0) is 20.1 Å². The molecule has 0 fully saturated rings. The number of benzene rings is 3. The van der Waals surface area contributed by atoms with Gasteiger partial charge in [0.1, 0.15) is 0 Å². The Kier molecular flexibility index (Phi) is 2.76. The maximum absolute atomic E-state index is 4.92. The Morgan fingerprint density at radius 2 is 1.67 bits per heavy atom. The van der Waals surface area contributed by atoms with Crippen molar-refractivity contribution in [3.63, 3.8) is 0 Å². The van der Waals surface area contributed by atoms with Crippen LogP contribution in [0, 0.1) is 6.07 Å². The van der Waals surface area contributed by atoms with Gasteiger partial charge < -0.3 is 4.40 Å². The van der Waals surface area contributed by atoms with E-state index in [4.69, 9.17) is 4.98 Å². The molecule has 0 spiro atoms. The van der Waals surface area contributed by atoms with Crippen molar-refractivity contribution < 1.29 is 20.1 Å². The zero-order valence-electron chi connectivity index (χ0n) is 12.6. The molecule has 0 aliphatic heterocycles. The third kappa shape index (κ3) is 1.56. The number of rotatable bonds is 0. The summed E-state index contributed by atoms with van der Waals surface area (Å²) >= 11 is 0. The molecule has 3 aromatic heterocycles. The van der Waals surface area contributed by atoms with Gasteiger partial charge in [0.2, 0.25) is 0 Å². The number of para-hydroxylation sites is 1. The molecule has 0 unspecified atom stereocenters. The van der Waals surface area contributed by atoms with E-state index in [9.17, 15) is 0 Å². The second-order valence-electron chi connectivity index (χ2n) is 6.02. The third-order valence-corrected chi connectivity index (χ3v) is 4.81. The molecule has 1 radical (unpaired) electrons. The molecule has 0 saturated heterocycles. The summed E-state index contributed by atoms with van der Waals surface area (Å²) in [4.78, 5) is 4.92. The third-order valence-electron chi connectivity index (χ3n) is 4.81. The molecule has 0 N–H and O–H groups in total. The molecule has 24 heavy (non-hydrogen) atoms. The van der Waals surface area contributed by atoms with Gasteiger partial charge in [0.15, 0.2) is 0 Å². The van der Waals surface area contributed by atoms with Crippen LogP contribution in [0.5, 0.6) is 0 Å². The van der Waals surface area contributed by atoms with Crippen molar-refractivity contribution >= 4 is 49.1 Å². The van der Waals surface area contributed by atoms with Gasteiger partial charge in [0.05, 0.1) is 16.7 Å². The molecule has 3 aromatic carbocycles. The van der Waals surface area contributed by atoms with Crippen molar-refractivity contribution in [2.75, 3.05) is 0 Å². The summed E-state index contributed by atoms with van der Waals surface area (Å²) in [5, 5.41) is 6.07. The summed E-state index contributed by atoms with van der Waals surface area (Å²) in [5.41, 5.74) is 4.46. The number of nitrogens with zero attached hydrogens (tertiary/aromatic N) is 2. The first-order valence-corrected chi connectivity index (χ1v) is 7.76. The maximum atomic E-state index is 4.92. The fourth-order valence-electron chi connectivity index (χ4n) is 3.86. The molecular weight excluding hydrogens is 472 g/mol. The molecule has 3 heterocycles. The minimum atomic E-state index is 0. The fraction of sp³-hybridized carbons (Fsp3) is 0. The van der Waals surface area contributed by atoms with Gasteiger partial charge in [-0.1, -0.05) is 42.5 Å². The quantitative estimate of drug-likeness (QED) is 0.165. The molecule has 0 atom stereocenters. The van der Waals surface area contributed by atoms with Crippen LogP contribution in [0.2, 0.25) is 0 Å². The molecule has 0 bridgehead atoms. The van der Waals surface area contributed by atoms with Gasteiger partial charge in [-0.15, -0.1) is 35.0 Å². The zero-order chi connectivity index (χ0) is 15.0. The van der Waals surface area contributed by atoms with E-state index in [2.05, 4.69) is 65.1 Å². The molecule has 0 amide bonds. The maximum Gasteiger partial charge on any atom is 0.0780 e. The first-order chi connectivity index (χ1) is 11.4. The van der Waals surface area contributed by atoms with Gasteiger partial charge in [-0.25, -0.2) is 0 Å². The van der Waals surface area contributed by atoms with Crippen LogP contribution in [-0.4, -0.2) is 9.38 Å². The van der Waals surface area contributed by atoms with E-state index in [1.54, 1.807) is 0 Å². The average Bonchev–Trinajstić information content (AvgIpc) is 3.01. The Labute approximate surface area is 151 Å². The van der Waals surface area contributed by atoms with Crippen LogP contribution in [0.4, 0.5) is 0 Å². The first kappa shape index (κ1) is 13.9. The first-order valence-electron chi connectivity index (χ1n) is 7.76. The van der Waals surface area contributed by atoms with Crippen LogP contribution in [0.1, 0.15) is 0 Å². The molecule has 115 valence electrons. The predicted molar refractivity (Wildman–Crippen MR) is 95.2 cm³/mol. The standard InChI is InChI=1S/C21H11N2.Ir/c1-2-7-14-13(6-1)12-19-16-9-4-3-8-15(16)17-10-5-11-18-20(17)23(19)21(14)22-18;/h1-6,8-12H;/q-1;. The van der Waals surface area contributed by atoms with Gasteiger partial charge >= 0.3 is 0 Å². The van der Waals surface area contributed by atoms with E-state index in [0.29, 0.717) is 0 Å². The number of hydrogen-bond donors (Lipinski definition) is 0. The monoisotopic (exact) mass is 484 g/mol. The van der Waals surface area contributed by atoms with Crippen LogP contribution >= 0.6 is 0 Å². The van der Waals surface area contributed by atoms with Crippen LogP contribution in [0.25, 0.3) is 49.1 Å². The summed E-state index contributed by atoms with van der Waals surface area (Å²) < 4.78 is 2.30. The van der Waals surface area contributed by atoms with E-state index in [0.717, 1.165) is 16.6 Å². The van der Waals surface area contributed by atoms with Gasteiger partial charge in [-0.05, 0) is 11.5 Å². The second kappa shape index (κ2) is 4.76. The smallest absolute Gasteiger partial charge is 0.0780 e. The largest absolute Gasteiger partial charge is 0.333 e. The SMILES string of the molecule is [Ir].[c-]1cccc2cc3c4ccccc4c4cccc5nc(c12)n3c54. The van der Waals surface area contributed by atoms with Crippen molar-refractivity contribution in [2.45, 2.75) is 0 Å². The van der Waals surface area contributed by atoms with Crippen molar-refractivity contribution in [3.8, 4) is 0 Å². The van der Waals surface area contributed by atoms with Crippen LogP contribution in [0.15, 0.2) is 66.7 Å². The van der Waals surface area contributed by atoms with Crippen LogP contribution < -0.4 is 0 Å². The van der Waals surface area contributed by atoms with E-state index >= 15 is 0 Å². The Hall–Kier alpha value is -2.48. The molecule has 6 aromatic rings. The van der Waals surface area contributed by atoms with Gasteiger partial charge in [0.25, 0.3) is 0 Å². The number of fused-ring (bicyclic) bond motifs is 5. The minimum absolute atomic E-state index is 0. The van der Waals surface area contributed by atoms with Gasteiger partial charge in [-0.3, -0.25) is 4.98 Å². The normalized spacial score (nSPS) is 11.8. The molecule has 0 aliphatic rings. The average molecular weight is 484 g/mol. The number of imidazole rings is 1. The van der Waals surface area contributed by atoms with Gasteiger partial charge in [-0.2, -0.15) is 0 Å². The van der Waals surface area contributed by atoms with Crippen molar-refractivity contribution in [2.24, 2.45) is 0 Å². The number of pyridine rings is 2. The Morgan fingerprint density at radius 3 is 2.58 bits per heavy atom. The Morgan fingerprint density at radius 1 is 0.833 bits per heavy atom. The topological polar surface area (TPSA) is 17.3 Å². The van der Waals surface area contributed by atoms with Crippen molar-refractivity contribution in [1.82, 2.24) is 9.38 Å². The molecule has 0 saturated carbocycles. The summed E-state index contributed by atoms with van der Waals surface area (Å²) in [6, 6.07) is 26.8. The molecule has 3 heteroatoms. The van der Waals surface area contributed by atoms with Crippen molar-refractivity contribution in [1.29, 1.82) is 0 Å². The zero-order valence-corrected chi connectivity index (χ0v) is 15.0. The summed E-state index contributed by atoms with van der Waals surface area (Å²) in [5.74, 6) is 0. The summed E-state index contributed by atoms with van der Waals surface area (Å²) in [7, 11) is 0. The second-order valence-corrected chi connectivity index (χ2v) is 6.02. The minimum Gasteiger partial charge on any atom is -0.333 e. The molecule has 0 aliphatic carbocycles. The van der Waals surface area contributed by atoms with E-state index in [-0.39, 0.29) is 20.1 Å². The Balaban J connectivity index is 0.00000131. The fourth-order valence-corrected chi connectivity index (χ4v) is 3.86. The molecule has 2 nitrogen and oxygen atoms in total.